The van der Waals surface area contributed by atoms with Gasteiger partial charge in [0.2, 0.25) is 0 Å². The van der Waals surface area contributed by atoms with E-state index in [1.165, 1.54) is 17.0 Å². The highest BCUT2D eigenvalue weighted by Gasteiger charge is 2.47. The number of benzene rings is 2. The lowest BCUT2D eigenvalue weighted by molar-refractivity contribution is -0.132. The Morgan fingerprint density at radius 2 is 1.68 bits per heavy atom. The predicted octanol–water partition coefficient (Wildman–Crippen LogP) is 5.06. The molecule has 190 valence electrons. The summed E-state index contributed by atoms with van der Waals surface area (Å²) in [6.07, 6.45) is 2.14. The van der Waals surface area contributed by atoms with E-state index >= 15 is 0 Å². The normalized spacial score (nSPS) is 16.8. The second-order valence-corrected chi connectivity index (χ2v) is 8.80. The van der Waals surface area contributed by atoms with Crippen LogP contribution in [0.15, 0.2) is 78.5 Å². The summed E-state index contributed by atoms with van der Waals surface area (Å²) < 4.78 is 10.8. The average Bonchev–Trinajstić information content (AvgIpc) is 3.17. The van der Waals surface area contributed by atoms with Crippen molar-refractivity contribution in [3.63, 3.8) is 0 Å². The summed E-state index contributed by atoms with van der Waals surface area (Å²) in [4.78, 5) is 44.4. The van der Waals surface area contributed by atoms with Crippen molar-refractivity contribution in [2.45, 2.75) is 39.3 Å². The Hall–Kier alpha value is -4.46. The Bertz CT molecular complexity index is 1310. The molecule has 0 spiro atoms. The van der Waals surface area contributed by atoms with E-state index in [0.29, 0.717) is 34.9 Å². The molecule has 1 atom stereocenters. The molecule has 4 rings (SSSR count). The van der Waals surface area contributed by atoms with Gasteiger partial charge in [-0.3, -0.25) is 19.5 Å². The molecular formula is C29H28N2O6. The summed E-state index contributed by atoms with van der Waals surface area (Å²) in [5.41, 5.74) is 1.40. The minimum atomic E-state index is -0.967. The third-order valence-electron chi connectivity index (χ3n) is 5.74. The maximum absolute atomic E-state index is 13.3. The number of nitrogens with zero attached hydrogens (tertiary/aromatic N) is 2. The molecule has 1 fully saturated rings. The lowest BCUT2D eigenvalue weighted by atomic mass is 9.98. The molecule has 1 N–H and O–H groups in total. The molecule has 37 heavy (non-hydrogen) atoms. The fraction of sp³-hybridized carbons (Fsp3) is 0.241. The maximum Gasteiger partial charge on any atom is 0.338 e. The number of hydrogen-bond donors (Lipinski definition) is 1. The third kappa shape index (κ3) is 5.38. The SMILES string of the molecule is CCCOc1ccc(/C(O)=C2\C(=O)C(=O)N(c3ccc(C(=O)OC(C)C)cc3)C2c2ccccn2)cc1. The van der Waals surface area contributed by atoms with Gasteiger partial charge in [0.1, 0.15) is 17.6 Å². The molecule has 2 aromatic carbocycles. The minimum Gasteiger partial charge on any atom is -0.507 e. The largest absolute Gasteiger partial charge is 0.507 e. The highest BCUT2D eigenvalue weighted by Crippen LogP contribution is 2.41. The summed E-state index contributed by atoms with van der Waals surface area (Å²) in [6.45, 7) is 6.07. The molecule has 0 radical (unpaired) electrons. The molecule has 1 aromatic heterocycles. The second-order valence-electron chi connectivity index (χ2n) is 8.80. The van der Waals surface area contributed by atoms with E-state index in [-0.39, 0.29) is 17.4 Å². The molecule has 3 aromatic rings. The number of amides is 1. The zero-order valence-corrected chi connectivity index (χ0v) is 20.9. The van der Waals surface area contributed by atoms with Crippen molar-refractivity contribution in [1.82, 2.24) is 4.98 Å². The van der Waals surface area contributed by atoms with Crippen molar-refractivity contribution < 1.29 is 29.0 Å². The van der Waals surface area contributed by atoms with Gasteiger partial charge < -0.3 is 14.6 Å². The quantitative estimate of drug-likeness (QED) is 0.199. The van der Waals surface area contributed by atoms with Crippen molar-refractivity contribution in [3.05, 3.63) is 95.3 Å². The zero-order valence-electron chi connectivity index (χ0n) is 20.9. The van der Waals surface area contributed by atoms with Gasteiger partial charge in [-0.1, -0.05) is 13.0 Å². The van der Waals surface area contributed by atoms with Crippen molar-refractivity contribution in [1.29, 1.82) is 0 Å². The minimum absolute atomic E-state index is 0.0748. The first kappa shape index (κ1) is 25.6. The van der Waals surface area contributed by atoms with Crippen LogP contribution < -0.4 is 9.64 Å². The van der Waals surface area contributed by atoms with E-state index in [1.807, 2.05) is 6.92 Å². The Morgan fingerprint density at radius 1 is 1.00 bits per heavy atom. The van der Waals surface area contributed by atoms with E-state index in [9.17, 15) is 19.5 Å². The van der Waals surface area contributed by atoms with Gasteiger partial charge in [-0.2, -0.15) is 0 Å². The summed E-state index contributed by atoms with van der Waals surface area (Å²) in [5.74, 6) is -1.80. The lowest BCUT2D eigenvalue weighted by Gasteiger charge is -2.24. The van der Waals surface area contributed by atoms with Crippen LogP contribution in [0.25, 0.3) is 5.76 Å². The highest BCUT2D eigenvalue weighted by molar-refractivity contribution is 6.51. The molecule has 8 nitrogen and oxygen atoms in total. The average molecular weight is 501 g/mol. The van der Waals surface area contributed by atoms with Gasteiger partial charge in [0.15, 0.2) is 0 Å². The third-order valence-corrected chi connectivity index (χ3v) is 5.74. The number of carbonyl (C=O) groups excluding carboxylic acids is 3. The molecule has 0 saturated carbocycles. The highest BCUT2D eigenvalue weighted by atomic mass is 16.5. The Balaban J connectivity index is 1.76. The maximum atomic E-state index is 13.3. The van der Waals surface area contributed by atoms with Crippen LogP contribution in [0.1, 0.15) is 54.8 Å². The summed E-state index contributed by atoms with van der Waals surface area (Å²) in [5, 5.41) is 11.2. The number of ether oxygens (including phenoxy) is 2. The summed E-state index contributed by atoms with van der Waals surface area (Å²) >= 11 is 0. The van der Waals surface area contributed by atoms with Crippen LogP contribution in [0.3, 0.4) is 0 Å². The molecular weight excluding hydrogens is 472 g/mol. The van der Waals surface area contributed by atoms with E-state index < -0.39 is 23.7 Å². The van der Waals surface area contributed by atoms with Crippen molar-refractivity contribution in [3.8, 4) is 5.75 Å². The monoisotopic (exact) mass is 500 g/mol. The van der Waals surface area contributed by atoms with Gasteiger partial charge >= 0.3 is 5.97 Å². The summed E-state index contributed by atoms with van der Waals surface area (Å²) in [7, 11) is 0. The van der Waals surface area contributed by atoms with E-state index in [2.05, 4.69) is 4.98 Å². The lowest BCUT2D eigenvalue weighted by Crippen LogP contribution is -2.29. The van der Waals surface area contributed by atoms with Gasteiger partial charge in [-0.25, -0.2) is 4.79 Å². The standard InChI is InChI=1S/C29H28N2O6/c1-4-17-36-22-14-10-19(11-15-22)26(32)24-25(23-7-5-6-16-30-23)31(28(34)27(24)33)21-12-8-20(9-13-21)29(35)37-18(2)3/h5-16,18,25,32H,4,17H2,1-3H3/b26-24+. The number of aliphatic hydroxyl groups is 1. The molecule has 1 unspecified atom stereocenters. The Kier molecular flexibility index (Phi) is 7.67. The van der Waals surface area contributed by atoms with Gasteiger partial charge in [0.25, 0.3) is 11.7 Å². The van der Waals surface area contributed by atoms with Crippen LogP contribution in [-0.4, -0.2) is 40.5 Å². The molecule has 1 saturated heterocycles. The summed E-state index contributed by atoms with van der Waals surface area (Å²) in [6, 6.07) is 17.1. The smallest absolute Gasteiger partial charge is 0.338 e. The van der Waals surface area contributed by atoms with E-state index in [1.54, 1.807) is 74.6 Å². The second kappa shape index (κ2) is 11.1. The van der Waals surface area contributed by atoms with Crippen LogP contribution in [0.4, 0.5) is 5.69 Å². The van der Waals surface area contributed by atoms with Crippen LogP contribution in [-0.2, 0) is 14.3 Å². The van der Waals surface area contributed by atoms with E-state index in [0.717, 1.165) is 6.42 Å². The fourth-order valence-corrected chi connectivity index (χ4v) is 4.04. The number of hydrogen-bond acceptors (Lipinski definition) is 7. The number of carbonyl (C=O) groups is 3. The number of aliphatic hydroxyl groups excluding tert-OH is 1. The number of Topliss-reactive ketones (excluding diaryl/α,β-unsaturated/α-hetero) is 1. The topological polar surface area (TPSA) is 106 Å². The van der Waals surface area contributed by atoms with Crippen LogP contribution in [0.2, 0.25) is 0 Å². The van der Waals surface area contributed by atoms with Gasteiger partial charge in [0, 0.05) is 17.4 Å². The number of pyridine rings is 1. The van der Waals surface area contributed by atoms with Gasteiger partial charge in [0.05, 0.1) is 29.5 Å². The molecule has 0 bridgehead atoms. The van der Waals surface area contributed by atoms with Gasteiger partial charge in [-0.05, 0) is 80.9 Å². The molecule has 1 aliphatic heterocycles. The fourth-order valence-electron chi connectivity index (χ4n) is 4.04. The molecule has 2 heterocycles. The van der Waals surface area contributed by atoms with Crippen LogP contribution >= 0.6 is 0 Å². The number of esters is 1. The predicted molar refractivity (Wildman–Crippen MR) is 138 cm³/mol. The Labute approximate surface area is 215 Å². The number of anilines is 1. The van der Waals surface area contributed by atoms with Crippen molar-refractivity contribution >= 4 is 29.1 Å². The Morgan fingerprint density at radius 3 is 2.27 bits per heavy atom. The molecule has 1 aliphatic rings. The van der Waals surface area contributed by atoms with Crippen molar-refractivity contribution in [2.24, 2.45) is 0 Å². The molecule has 0 aliphatic carbocycles. The zero-order chi connectivity index (χ0) is 26.5. The molecule has 1 amide bonds. The van der Waals surface area contributed by atoms with Crippen LogP contribution in [0.5, 0.6) is 5.75 Å². The first-order valence-electron chi connectivity index (χ1n) is 12.1. The van der Waals surface area contributed by atoms with Crippen molar-refractivity contribution in [2.75, 3.05) is 11.5 Å². The first-order chi connectivity index (χ1) is 17.8. The van der Waals surface area contributed by atoms with Gasteiger partial charge in [-0.15, -0.1) is 0 Å². The first-order valence-corrected chi connectivity index (χ1v) is 12.1. The molecule has 8 heteroatoms. The number of aromatic nitrogens is 1. The number of rotatable bonds is 8. The van der Waals surface area contributed by atoms with Crippen LogP contribution in [0, 0.1) is 0 Å². The van der Waals surface area contributed by atoms with E-state index in [4.69, 9.17) is 9.47 Å². The number of ketones is 1.